The van der Waals surface area contributed by atoms with Crippen LogP contribution in [0.5, 0.6) is 0 Å². The van der Waals surface area contributed by atoms with E-state index in [1.54, 1.807) is 6.07 Å². The molecule has 0 aliphatic heterocycles. The van der Waals surface area contributed by atoms with Gasteiger partial charge in [-0.05, 0) is 6.07 Å². The molecule has 7 heavy (non-hydrogen) atoms. The molecule has 0 aromatic carbocycles. The molecule has 1 radical (unpaired) electrons. The Hall–Kier alpha value is -0.740. The summed E-state index contributed by atoms with van der Waals surface area (Å²) in [6, 6.07) is 1.80. The second-order valence-corrected chi connectivity index (χ2v) is 1.80. The quantitative estimate of drug-likeness (QED) is 0.441. The summed E-state index contributed by atoms with van der Waals surface area (Å²) in [5, 5.41) is 4.77. The van der Waals surface area contributed by atoms with Crippen molar-refractivity contribution in [1.29, 1.82) is 0 Å². The maximum atomic E-state index is 5.03. The molecule has 0 fully saturated rings. The predicted octanol–water partition coefficient (Wildman–Crippen LogP) is 1.53. The summed E-state index contributed by atoms with van der Waals surface area (Å²) >= 11 is 1.50. The van der Waals surface area contributed by atoms with Crippen LogP contribution in [0.1, 0.15) is 5.56 Å². The van der Waals surface area contributed by atoms with Crippen LogP contribution in [0.25, 0.3) is 0 Å². The molecule has 0 N–H and O–H groups in total. The molecule has 1 aromatic heterocycles. The van der Waals surface area contributed by atoms with Gasteiger partial charge in [0.1, 0.15) is 0 Å². The zero-order valence-corrected chi connectivity index (χ0v) is 4.46. The molecule has 0 bridgehead atoms. The Morgan fingerprint density at radius 2 is 2.71 bits per heavy atom. The summed E-state index contributed by atoms with van der Waals surface area (Å²) in [6.07, 6.45) is 5.03. The fourth-order valence-corrected chi connectivity index (χ4v) is 0.831. The first-order chi connectivity index (χ1) is 3.43. The van der Waals surface area contributed by atoms with E-state index in [9.17, 15) is 0 Å². The van der Waals surface area contributed by atoms with E-state index in [2.05, 4.69) is 11.3 Å². The number of rotatable bonds is 0. The van der Waals surface area contributed by atoms with Gasteiger partial charge in [0.05, 0.1) is 0 Å². The van der Waals surface area contributed by atoms with Gasteiger partial charge in [0.15, 0.2) is 0 Å². The van der Waals surface area contributed by atoms with Crippen molar-refractivity contribution < 1.29 is 0 Å². The molecular weight excluding hydrogens is 104 g/mol. The lowest BCUT2D eigenvalue weighted by atomic mass is 10.4. The molecule has 1 heteroatoms. The van der Waals surface area contributed by atoms with Crippen LogP contribution in [0.4, 0.5) is 0 Å². The van der Waals surface area contributed by atoms with Gasteiger partial charge in [0.25, 0.3) is 0 Å². The van der Waals surface area contributed by atoms with Gasteiger partial charge in [-0.1, -0.05) is 5.92 Å². The van der Waals surface area contributed by atoms with Gasteiger partial charge < -0.3 is 0 Å². The van der Waals surface area contributed by atoms with Gasteiger partial charge in [-0.25, -0.2) is 0 Å². The predicted molar refractivity (Wildman–Crippen MR) is 31.1 cm³/mol. The fraction of sp³-hybridized carbons (Fsp3) is 0. The Bertz CT molecular complexity index is 167. The summed E-state index contributed by atoms with van der Waals surface area (Å²) in [5.74, 6) is 2.49. The van der Waals surface area contributed by atoms with E-state index in [1.165, 1.54) is 11.3 Å². The number of hydrogen-bond donors (Lipinski definition) is 0. The van der Waals surface area contributed by atoms with Crippen LogP contribution in [0.3, 0.4) is 0 Å². The van der Waals surface area contributed by atoms with Crippen LogP contribution in [0.15, 0.2) is 11.4 Å². The highest BCUT2D eigenvalue weighted by molar-refractivity contribution is 7.07. The molecule has 0 spiro atoms. The third kappa shape index (κ3) is 0.819. The SMILES string of the molecule is C#Cc1c[c]sc1. The highest BCUT2D eigenvalue weighted by Crippen LogP contribution is 2.01. The van der Waals surface area contributed by atoms with E-state index in [4.69, 9.17) is 6.42 Å². The van der Waals surface area contributed by atoms with Crippen molar-refractivity contribution in [2.75, 3.05) is 0 Å². The van der Waals surface area contributed by atoms with E-state index < -0.39 is 0 Å². The van der Waals surface area contributed by atoms with Crippen LogP contribution in [-0.2, 0) is 0 Å². The lowest BCUT2D eigenvalue weighted by Gasteiger charge is -1.66. The van der Waals surface area contributed by atoms with E-state index in [-0.39, 0.29) is 0 Å². The van der Waals surface area contributed by atoms with Crippen LogP contribution in [-0.4, -0.2) is 0 Å². The van der Waals surface area contributed by atoms with Gasteiger partial charge in [-0.3, -0.25) is 0 Å². The minimum atomic E-state index is 0.921. The molecule has 0 nitrogen and oxygen atoms in total. The monoisotopic (exact) mass is 107 g/mol. The lowest BCUT2D eigenvalue weighted by Crippen LogP contribution is -1.54. The van der Waals surface area contributed by atoms with Crippen molar-refractivity contribution in [3.63, 3.8) is 0 Å². The normalized spacial score (nSPS) is 7.86. The van der Waals surface area contributed by atoms with E-state index in [1.807, 2.05) is 5.38 Å². The second kappa shape index (κ2) is 1.81. The molecule has 0 saturated heterocycles. The van der Waals surface area contributed by atoms with Crippen molar-refractivity contribution in [3.05, 3.63) is 22.4 Å². The van der Waals surface area contributed by atoms with Crippen molar-refractivity contribution in [3.8, 4) is 12.3 Å². The molecule has 1 aromatic rings. The number of thiophene rings is 1. The standard InChI is InChI=1S/C6H3S/c1-2-6-3-4-7-5-6/h1,3,5H. The van der Waals surface area contributed by atoms with E-state index in [0.29, 0.717) is 0 Å². The maximum absolute atomic E-state index is 5.03. The van der Waals surface area contributed by atoms with Crippen molar-refractivity contribution in [1.82, 2.24) is 0 Å². The molecule has 0 amide bonds. The zero-order chi connectivity index (χ0) is 5.11. The summed E-state index contributed by atoms with van der Waals surface area (Å²) in [5.41, 5.74) is 0.921. The topological polar surface area (TPSA) is 0 Å². The molecule has 0 saturated carbocycles. The largest absolute Gasteiger partial charge is 0.142 e. The zero-order valence-electron chi connectivity index (χ0n) is 3.64. The first kappa shape index (κ1) is 4.42. The molecule has 1 heterocycles. The summed E-state index contributed by atoms with van der Waals surface area (Å²) in [6.45, 7) is 0. The lowest BCUT2D eigenvalue weighted by molar-refractivity contribution is 1.86. The maximum Gasteiger partial charge on any atom is 0.0455 e. The Morgan fingerprint density at radius 1 is 1.86 bits per heavy atom. The minimum Gasteiger partial charge on any atom is -0.142 e. The second-order valence-electron chi connectivity index (χ2n) is 1.10. The first-order valence-corrected chi connectivity index (χ1v) is 2.72. The first-order valence-electron chi connectivity index (χ1n) is 1.84. The van der Waals surface area contributed by atoms with Gasteiger partial charge in [0, 0.05) is 16.3 Å². The minimum absolute atomic E-state index is 0.921. The van der Waals surface area contributed by atoms with Gasteiger partial charge in [-0.15, -0.1) is 17.8 Å². The van der Waals surface area contributed by atoms with Gasteiger partial charge in [0.2, 0.25) is 0 Å². The average Bonchev–Trinajstić information content (AvgIpc) is 2.14. The third-order valence-electron chi connectivity index (χ3n) is 0.635. The van der Waals surface area contributed by atoms with Crippen LogP contribution in [0, 0.1) is 17.7 Å². The number of terminal acetylenes is 1. The fourth-order valence-electron chi connectivity index (χ4n) is 0.305. The third-order valence-corrected chi connectivity index (χ3v) is 1.26. The highest BCUT2D eigenvalue weighted by Gasteiger charge is 1.79. The molecule has 33 valence electrons. The van der Waals surface area contributed by atoms with Crippen molar-refractivity contribution in [2.24, 2.45) is 0 Å². The number of hydrogen-bond acceptors (Lipinski definition) is 1. The average molecular weight is 107 g/mol. The van der Waals surface area contributed by atoms with Crippen LogP contribution >= 0.6 is 11.3 Å². The molecule has 0 aliphatic carbocycles. The Kier molecular flexibility index (Phi) is 1.14. The van der Waals surface area contributed by atoms with E-state index in [0.717, 1.165) is 5.56 Å². The summed E-state index contributed by atoms with van der Waals surface area (Å²) < 4.78 is 0. The smallest absolute Gasteiger partial charge is 0.0455 e. The van der Waals surface area contributed by atoms with E-state index >= 15 is 0 Å². The van der Waals surface area contributed by atoms with Gasteiger partial charge >= 0.3 is 0 Å². The Labute approximate surface area is 46.8 Å². The molecular formula is C6H3S. The van der Waals surface area contributed by atoms with Crippen LogP contribution in [0.2, 0.25) is 0 Å². The molecule has 0 unspecified atom stereocenters. The molecule has 0 aliphatic rings. The summed E-state index contributed by atoms with van der Waals surface area (Å²) in [4.78, 5) is 0. The molecule has 0 atom stereocenters. The van der Waals surface area contributed by atoms with Crippen molar-refractivity contribution in [2.45, 2.75) is 0 Å². The molecule has 1 rings (SSSR count). The highest BCUT2D eigenvalue weighted by atomic mass is 32.1. The Morgan fingerprint density at radius 3 is 3.00 bits per heavy atom. The van der Waals surface area contributed by atoms with Gasteiger partial charge in [-0.2, -0.15) is 0 Å². The van der Waals surface area contributed by atoms with Crippen molar-refractivity contribution >= 4 is 11.3 Å². The van der Waals surface area contributed by atoms with Crippen LogP contribution < -0.4 is 0 Å². The Balaban J connectivity index is 3.04. The summed E-state index contributed by atoms with van der Waals surface area (Å²) in [7, 11) is 0.